The molecule has 5 rings (SSSR count). The van der Waals surface area contributed by atoms with Gasteiger partial charge in [0.05, 0.1) is 6.54 Å². The second-order valence-corrected chi connectivity index (χ2v) is 8.80. The van der Waals surface area contributed by atoms with Gasteiger partial charge < -0.3 is 14.5 Å². The predicted molar refractivity (Wildman–Crippen MR) is 131 cm³/mol. The number of para-hydroxylation sites is 1. The summed E-state index contributed by atoms with van der Waals surface area (Å²) in [7, 11) is 0. The summed E-state index contributed by atoms with van der Waals surface area (Å²) in [6, 6.07) is 27.4. The number of nitrogens with zero attached hydrogens (tertiary/aromatic N) is 3. The number of amides is 2. The van der Waals surface area contributed by atoms with Crippen molar-refractivity contribution >= 4 is 17.7 Å². The quantitative estimate of drug-likeness (QED) is 0.595. The minimum absolute atomic E-state index is 0.00104. The second-order valence-electron chi connectivity index (χ2n) is 8.80. The van der Waals surface area contributed by atoms with Crippen LogP contribution in [0.5, 0.6) is 0 Å². The lowest BCUT2D eigenvalue weighted by Gasteiger charge is -2.41. The Hall–Kier alpha value is -3.80. The van der Waals surface area contributed by atoms with E-state index in [1.165, 1.54) is 5.69 Å². The van der Waals surface area contributed by atoms with E-state index in [0.29, 0.717) is 26.1 Å². The molecule has 2 aliphatic heterocycles. The molecule has 3 aromatic carbocycles. The summed E-state index contributed by atoms with van der Waals surface area (Å²) in [6.07, 6.45) is 0.0635. The molecule has 1 atom stereocenters. The molecule has 0 aromatic heterocycles. The van der Waals surface area contributed by atoms with Gasteiger partial charge in [-0.25, -0.2) is 4.79 Å². The summed E-state index contributed by atoms with van der Waals surface area (Å²) in [5.74, 6) is -0.00104. The zero-order chi connectivity index (χ0) is 23.3. The van der Waals surface area contributed by atoms with E-state index < -0.39 is 12.1 Å². The maximum Gasteiger partial charge on any atom is 0.411 e. The number of benzene rings is 3. The van der Waals surface area contributed by atoms with E-state index in [1.54, 1.807) is 4.90 Å². The third-order valence-corrected chi connectivity index (χ3v) is 6.69. The van der Waals surface area contributed by atoms with E-state index in [0.717, 1.165) is 29.8 Å². The molecule has 0 spiro atoms. The Kier molecular flexibility index (Phi) is 6.47. The zero-order valence-electron chi connectivity index (χ0n) is 19.2. The second kappa shape index (κ2) is 10.00. The number of ether oxygens (including phenoxy) is 1. The van der Waals surface area contributed by atoms with Gasteiger partial charge in [0.15, 0.2) is 0 Å². The van der Waals surface area contributed by atoms with Gasteiger partial charge in [0, 0.05) is 38.3 Å². The Morgan fingerprint density at radius 3 is 2.09 bits per heavy atom. The van der Waals surface area contributed by atoms with Crippen molar-refractivity contribution in [2.45, 2.75) is 25.6 Å². The Labute approximate surface area is 200 Å². The summed E-state index contributed by atoms with van der Waals surface area (Å²) in [5.41, 5.74) is 4.29. The molecule has 1 fully saturated rings. The fraction of sp³-hybridized carbons (Fsp3) is 0.286. The lowest BCUT2D eigenvalue weighted by Crippen LogP contribution is -2.57. The average Bonchev–Trinajstić information content (AvgIpc) is 2.91. The summed E-state index contributed by atoms with van der Waals surface area (Å²) in [4.78, 5) is 32.6. The van der Waals surface area contributed by atoms with Gasteiger partial charge in [-0.2, -0.15) is 0 Å². The van der Waals surface area contributed by atoms with E-state index in [1.807, 2.05) is 71.6 Å². The number of piperazine rings is 1. The Morgan fingerprint density at radius 1 is 0.765 bits per heavy atom. The van der Waals surface area contributed by atoms with Gasteiger partial charge in [-0.15, -0.1) is 0 Å². The fourth-order valence-electron chi connectivity index (χ4n) is 4.77. The largest absolute Gasteiger partial charge is 0.445 e. The number of hydrogen-bond acceptors (Lipinski definition) is 4. The van der Waals surface area contributed by atoms with E-state index in [4.69, 9.17) is 4.74 Å². The molecule has 0 radical (unpaired) electrons. The third kappa shape index (κ3) is 4.76. The smallest absolute Gasteiger partial charge is 0.411 e. The maximum atomic E-state index is 13.7. The average molecular weight is 456 g/mol. The molecular formula is C28H29N3O3. The van der Waals surface area contributed by atoms with Crippen LogP contribution in [0.15, 0.2) is 84.9 Å². The van der Waals surface area contributed by atoms with Gasteiger partial charge in [0.1, 0.15) is 12.6 Å². The highest BCUT2D eigenvalue weighted by Gasteiger charge is 2.38. The molecule has 6 heteroatoms. The monoisotopic (exact) mass is 455 g/mol. The lowest BCUT2D eigenvalue weighted by molar-refractivity contribution is -0.137. The number of hydrogen-bond donors (Lipinski definition) is 0. The molecule has 2 heterocycles. The number of anilines is 1. The van der Waals surface area contributed by atoms with E-state index in [9.17, 15) is 9.59 Å². The predicted octanol–water partition coefficient (Wildman–Crippen LogP) is 4.10. The molecule has 2 aliphatic rings. The van der Waals surface area contributed by atoms with Gasteiger partial charge >= 0.3 is 6.09 Å². The standard InChI is InChI=1S/C28H29N3O3/c32-27(30-17-15-29(16-18-30)25-13-5-2-6-14-25)26-19-23-11-7-8-12-24(23)20-31(26)28(33)34-21-22-9-3-1-4-10-22/h1-14,26H,15-21H2/t26-/m0/s1. The minimum Gasteiger partial charge on any atom is -0.445 e. The molecule has 6 nitrogen and oxygen atoms in total. The van der Waals surface area contributed by atoms with Crippen LogP contribution in [0.3, 0.4) is 0 Å². The van der Waals surface area contributed by atoms with Crippen LogP contribution in [-0.2, 0) is 29.1 Å². The molecule has 34 heavy (non-hydrogen) atoms. The fourth-order valence-corrected chi connectivity index (χ4v) is 4.77. The van der Waals surface area contributed by atoms with Crippen molar-refractivity contribution in [1.29, 1.82) is 0 Å². The van der Waals surface area contributed by atoms with Crippen LogP contribution in [0.2, 0.25) is 0 Å². The van der Waals surface area contributed by atoms with Crippen LogP contribution in [0.4, 0.5) is 10.5 Å². The van der Waals surface area contributed by atoms with Crippen molar-refractivity contribution in [1.82, 2.24) is 9.80 Å². The van der Waals surface area contributed by atoms with E-state index in [2.05, 4.69) is 23.1 Å². The highest BCUT2D eigenvalue weighted by Crippen LogP contribution is 2.26. The van der Waals surface area contributed by atoms with Gasteiger partial charge in [-0.05, 0) is 28.8 Å². The third-order valence-electron chi connectivity index (χ3n) is 6.69. The van der Waals surface area contributed by atoms with E-state index in [-0.39, 0.29) is 12.5 Å². The van der Waals surface area contributed by atoms with Crippen molar-refractivity contribution in [2.75, 3.05) is 31.1 Å². The molecular weight excluding hydrogens is 426 g/mol. The Balaban J connectivity index is 1.29. The highest BCUT2D eigenvalue weighted by molar-refractivity contribution is 5.87. The summed E-state index contributed by atoms with van der Waals surface area (Å²) < 4.78 is 5.63. The van der Waals surface area contributed by atoms with Crippen LogP contribution in [0.25, 0.3) is 0 Å². The lowest BCUT2D eigenvalue weighted by atomic mass is 9.93. The zero-order valence-corrected chi connectivity index (χ0v) is 19.2. The molecule has 2 amide bonds. The molecule has 0 aliphatic carbocycles. The topological polar surface area (TPSA) is 53.1 Å². The van der Waals surface area contributed by atoms with Crippen LogP contribution >= 0.6 is 0 Å². The molecule has 0 saturated carbocycles. The van der Waals surface area contributed by atoms with Crippen LogP contribution < -0.4 is 4.90 Å². The van der Waals surface area contributed by atoms with Gasteiger partial charge in [-0.3, -0.25) is 9.69 Å². The Bertz CT molecular complexity index is 1130. The normalized spacial score (nSPS) is 17.8. The van der Waals surface area contributed by atoms with Crippen molar-refractivity contribution in [3.8, 4) is 0 Å². The van der Waals surface area contributed by atoms with Crippen molar-refractivity contribution in [2.24, 2.45) is 0 Å². The van der Waals surface area contributed by atoms with Gasteiger partial charge in [-0.1, -0.05) is 72.8 Å². The first-order chi connectivity index (χ1) is 16.7. The van der Waals surface area contributed by atoms with Gasteiger partial charge in [0.25, 0.3) is 0 Å². The van der Waals surface area contributed by atoms with Crippen molar-refractivity contribution in [3.05, 3.63) is 102 Å². The van der Waals surface area contributed by atoms with Crippen LogP contribution in [0.1, 0.15) is 16.7 Å². The van der Waals surface area contributed by atoms with Crippen LogP contribution in [0, 0.1) is 0 Å². The highest BCUT2D eigenvalue weighted by atomic mass is 16.6. The first-order valence-electron chi connectivity index (χ1n) is 11.8. The number of rotatable bonds is 4. The first-order valence-corrected chi connectivity index (χ1v) is 11.8. The summed E-state index contributed by atoms with van der Waals surface area (Å²) in [5, 5.41) is 0. The molecule has 0 unspecified atom stereocenters. The summed E-state index contributed by atoms with van der Waals surface area (Å²) >= 11 is 0. The van der Waals surface area contributed by atoms with Gasteiger partial charge in [0.2, 0.25) is 5.91 Å². The maximum absolute atomic E-state index is 13.7. The molecule has 0 bridgehead atoms. The molecule has 174 valence electrons. The number of carbonyl (C=O) groups excluding carboxylic acids is 2. The first kappa shape index (κ1) is 22.0. The molecule has 0 N–H and O–H groups in total. The van der Waals surface area contributed by atoms with E-state index >= 15 is 0 Å². The number of carbonyl (C=O) groups is 2. The summed E-state index contributed by atoms with van der Waals surface area (Å²) in [6.45, 7) is 3.39. The van der Waals surface area contributed by atoms with Crippen molar-refractivity contribution in [3.63, 3.8) is 0 Å². The molecule has 3 aromatic rings. The van der Waals surface area contributed by atoms with Crippen molar-refractivity contribution < 1.29 is 14.3 Å². The molecule has 1 saturated heterocycles. The minimum atomic E-state index is -0.554. The number of fused-ring (bicyclic) bond motifs is 1. The SMILES string of the molecule is O=C([C@@H]1Cc2ccccc2CN1C(=O)OCc1ccccc1)N1CCN(c2ccccc2)CC1. The van der Waals surface area contributed by atoms with Crippen LogP contribution in [-0.4, -0.2) is 54.0 Å². The Morgan fingerprint density at radius 2 is 1.38 bits per heavy atom.